The number of benzene rings is 1. The number of anilines is 1. The molecule has 4 rings (SSSR count). The van der Waals surface area contributed by atoms with E-state index in [0.717, 1.165) is 36.9 Å². The molecular formula is C21H25N3O2S. The van der Waals surface area contributed by atoms with E-state index in [1.807, 2.05) is 10.3 Å². The number of nitrogens with one attached hydrogen (secondary N) is 1. The molecule has 0 atom stereocenters. The largest absolute Gasteiger partial charge is 0.342 e. The summed E-state index contributed by atoms with van der Waals surface area (Å²) in [6.07, 6.45) is 3.54. The Morgan fingerprint density at radius 3 is 2.48 bits per heavy atom. The van der Waals surface area contributed by atoms with Gasteiger partial charge >= 0.3 is 0 Å². The molecule has 0 bridgehead atoms. The average Bonchev–Trinajstić information content (AvgIpc) is 3.43. The molecule has 1 saturated carbocycles. The molecule has 1 aliphatic carbocycles. The van der Waals surface area contributed by atoms with Crippen molar-refractivity contribution in [2.75, 3.05) is 18.4 Å². The van der Waals surface area contributed by atoms with E-state index < -0.39 is 0 Å². The van der Waals surface area contributed by atoms with Gasteiger partial charge in [-0.05, 0) is 56.7 Å². The highest BCUT2D eigenvalue weighted by atomic mass is 32.1. The summed E-state index contributed by atoms with van der Waals surface area (Å²) in [6, 6.07) is 6.29. The van der Waals surface area contributed by atoms with E-state index in [-0.39, 0.29) is 23.7 Å². The SMILES string of the molecule is Cc1ccc(-c2csc(NC(=O)C3CCN(C(=O)C4CC4)CC3)n2)cc1C. The highest BCUT2D eigenvalue weighted by Crippen LogP contribution is 2.33. The minimum atomic E-state index is -0.0396. The minimum Gasteiger partial charge on any atom is -0.342 e. The summed E-state index contributed by atoms with van der Waals surface area (Å²) >= 11 is 1.46. The number of hydrogen-bond donors (Lipinski definition) is 1. The number of aryl methyl sites for hydroxylation is 2. The first kappa shape index (κ1) is 18.2. The van der Waals surface area contributed by atoms with Gasteiger partial charge in [0, 0.05) is 35.9 Å². The predicted octanol–water partition coefficient (Wildman–Crippen LogP) is 4.01. The Balaban J connectivity index is 1.34. The third-order valence-corrected chi connectivity index (χ3v) is 6.40. The summed E-state index contributed by atoms with van der Waals surface area (Å²) in [5.41, 5.74) is 4.46. The van der Waals surface area contributed by atoms with E-state index in [1.54, 1.807) is 0 Å². The fourth-order valence-electron chi connectivity index (χ4n) is 3.52. The van der Waals surface area contributed by atoms with E-state index in [2.05, 4.69) is 42.3 Å². The van der Waals surface area contributed by atoms with Gasteiger partial charge in [-0.1, -0.05) is 12.1 Å². The van der Waals surface area contributed by atoms with Gasteiger partial charge in [-0.3, -0.25) is 9.59 Å². The van der Waals surface area contributed by atoms with Gasteiger partial charge in [-0.15, -0.1) is 11.3 Å². The Morgan fingerprint density at radius 2 is 1.81 bits per heavy atom. The number of thiazole rings is 1. The zero-order valence-electron chi connectivity index (χ0n) is 15.8. The molecule has 2 fully saturated rings. The van der Waals surface area contributed by atoms with Gasteiger partial charge in [0.2, 0.25) is 11.8 Å². The van der Waals surface area contributed by atoms with Crippen molar-refractivity contribution >= 4 is 28.3 Å². The summed E-state index contributed by atoms with van der Waals surface area (Å²) in [6.45, 7) is 5.57. The van der Waals surface area contributed by atoms with Gasteiger partial charge in [0.1, 0.15) is 0 Å². The van der Waals surface area contributed by atoms with Crippen molar-refractivity contribution in [3.63, 3.8) is 0 Å². The first-order valence-corrected chi connectivity index (χ1v) is 10.5. The zero-order chi connectivity index (χ0) is 19.0. The van der Waals surface area contributed by atoms with Crippen LogP contribution < -0.4 is 5.32 Å². The van der Waals surface area contributed by atoms with Crippen LogP contribution >= 0.6 is 11.3 Å². The molecule has 0 spiro atoms. The Bertz CT molecular complexity index is 864. The summed E-state index contributed by atoms with van der Waals surface area (Å²) < 4.78 is 0. The average molecular weight is 384 g/mol. The topological polar surface area (TPSA) is 62.3 Å². The molecular weight excluding hydrogens is 358 g/mol. The van der Waals surface area contributed by atoms with Gasteiger partial charge in [-0.2, -0.15) is 0 Å². The van der Waals surface area contributed by atoms with E-state index >= 15 is 0 Å². The van der Waals surface area contributed by atoms with E-state index in [4.69, 9.17) is 0 Å². The second kappa shape index (κ2) is 7.43. The lowest BCUT2D eigenvalue weighted by Gasteiger charge is -2.31. The maximum atomic E-state index is 12.6. The van der Waals surface area contributed by atoms with Crippen LogP contribution in [0.1, 0.15) is 36.8 Å². The molecule has 2 aliphatic rings. The molecule has 2 aromatic rings. The van der Waals surface area contributed by atoms with Crippen molar-refractivity contribution in [1.82, 2.24) is 9.88 Å². The standard InChI is InChI=1S/C21H25N3O2S/c1-13-3-4-17(11-14(13)2)18-12-27-21(22-18)23-19(25)15-7-9-24(10-8-15)20(26)16-5-6-16/h3-4,11-12,15-16H,5-10H2,1-2H3,(H,22,23,25). The first-order valence-electron chi connectivity index (χ1n) is 9.64. The second-order valence-electron chi connectivity index (χ2n) is 7.70. The van der Waals surface area contributed by atoms with Gasteiger partial charge in [0.15, 0.2) is 5.13 Å². The van der Waals surface area contributed by atoms with Crippen LogP contribution in [0.5, 0.6) is 0 Å². The number of hydrogen-bond acceptors (Lipinski definition) is 4. The Hall–Kier alpha value is -2.21. The van der Waals surface area contributed by atoms with E-state index in [0.29, 0.717) is 18.2 Å². The molecule has 2 amide bonds. The fourth-order valence-corrected chi connectivity index (χ4v) is 4.25. The Kier molecular flexibility index (Phi) is 5.00. The molecule has 142 valence electrons. The Morgan fingerprint density at radius 1 is 1.07 bits per heavy atom. The number of carbonyl (C=O) groups is 2. The predicted molar refractivity (Wildman–Crippen MR) is 108 cm³/mol. The number of aromatic nitrogens is 1. The van der Waals surface area contributed by atoms with E-state index in [9.17, 15) is 9.59 Å². The first-order chi connectivity index (χ1) is 13.0. The number of piperidine rings is 1. The quantitative estimate of drug-likeness (QED) is 0.867. The fraction of sp³-hybridized carbons (Fsp3) is 0.476. The summed E-state index contributed by atoms with van der Waals surface area (Å²) in [5, 5.41) is 5.60. The molecule has 1 saturated heterocycles. The number of likely N-dealkylation sites (tertiary alicyclic amines) is 1. The molecule has 5 nitrogen and oxygen atoms in total. The normalized spacial score (nSPS) is 17.8. The van der Waals surface area contributed by atoms with Crippen molar-refractivity contribution in [1.29, 1.82) is 0 Å². The number of nitrogens with zero attached hydrogens (tertiary/aromatic N) is 2. The lowest BCUT2D eigenvalue weighted by Crippen LogP contribution is -2.42. The van der Waals surface area contributed by atoms with Crippen LogP contribution in [-0.2, 0) is 9.59 Å². The lowest BCUT2D eigenvalue weighted by atomic mass is 9.95. The number of rotatable bonds is 4. The van der Waals surface area contributed by atoms with Crippen molar-refractivity contribution in [3.8, 4) is 11.3 Å². The monoisotopic (exact) mass is 383 g/mol. The zero-order valence-corrected chi connectivity index (χ0v) is 16.6. The Labute approximate surface area is 163 Å². The highest BCUT2D eigenvalue weighted by Gasteiger charge is 2.36. The summed E-state index contributed by atoms with van der Waals surface area (Å²) in [4.78, 5) is 31.2. The molecule has 6 heteroatoms. The van der Waals surface area contributed by atoms with Crippen molar-refractivity contribution < 1.29 is 9.59 Å². The molecule has 0 radical (unpaired) electrons. The molecule has 1 aliphatic heterocycles. The summed E-state index contributed by atoms with van der Waals surface area (Å²) in [5.74, 6) is 0.526. The van der Waals surface area contributed by atoms with Crippen LogP contribution in [0.2, 0.25) is 0 Å². The van der Waals surface area contributed by atoms with E-state index in [1.165, 1.54) is 22.5 Å². The van der Waals surface area contributed by atoms with Gasteiger partial charge in [0.05, 0.1) is 5.69 Å². The lowest BCUT2D eigenvalue weighted by molar-refractivity contribution is -0.135. The molecule has 1 aromatic heterocycles. The molecule has 2 heterocycles. The molecule has 27 heavy (non-hydrogen) atoms. The molecule has 1 N–H and O–H groups in total. The van der Waals surface area contributed by atoms with Crippen LogP contribution in [-0.4, -0.2) is 34.8 Å². The van der Waals surface area contributed by atoms with Crippen LogP contribution in [0.15, 0.2) is 23.6 Å². The van der Waals surface area contributed by atoms with Crippen LogP contribution in [0.3, 0.4) is 0 Å². The molecule has 1 aromatic carbocycles. The van der Waals surface area contributed by atoms with Crippen LogP contribution in [0.4, 0.5) is 5.13 Å². The third kappa shape index (κ3) is 4.05. The van der Waals surface area contributed by atoms with Crippen molar-refractivity contribution in [2.24, 2.45) is 11.8 Å². The van der Waals surface area contributed by atoms with Crippen LogP contribution in [0.25, 0.3) is 11.3 Å². The van der Waals surface area contributed by atoms with Crippen molar-refractivity contribution in [3.05, 3.63) is 34.7 Å². The number of carbonyl (C=O) groups excluding carboxylic acids is 2. The van der Waals surface area contributed by atoms with Gasteiger partial charge in [0.25, 0.3) is 0 Å². The summed E-state index contributed by atoms with van der Waals surface area (Å²) in [7, 11) is 0. The minimum absolute atomic E-state index is 0.0227. The van der Waals surface area contributed by atoms with Crippen LogP contribution in [0, 0.1) is 25.7 Å². The van der Waals surface area contributed by atoms with Crippen molar-refractivity contribution in [2.45, 2.75) is 39.5 Å². The highest BCUT2D eigenvalue weighted by molar-refractivity contribution is 7.14. The molecule has 0 unspecified atom stereocenters. The third-order valence-electron chi connectivity index (χ3n) is 5.64. The second-order valence-corrected chi connectivity index (χ2v) is 8.56. The van der Waals surface area contributed by atoms with Gasteiger partial charge < -0.3 is 10.2 Å². The smallest absolute Gasteiger partial charge is 0.229 e. The number of amides is 2. The van der Waals surface area contributed by atoms with Gasteiger partial charge in [-0.25, -0.2) is 4.98 Å². The maximum absolute atomic E-state index is 12.6. The maximum Gasteiger partial charge on any atom is 0.229 e.